The predicted octanol–water partition coefficient (Wildman–Crippen LogP) is -1.08. The van der Waals surface area contributed by atoms with Gasteiger partial charge in [-0.25, -0.2) is 0 Å². The molecule has 0 saturated carbocycles. The minimum atomic E-state index is -0.0930. The summed E-state index contributed by atoms with van der Waals surface area (Å²) in [7, 11) is 1.68. The number of aromatic hydroxyl groups is 1. The molecule has 1 aromatic heterocycles. The molecule has 4 N–H and O–H groups in total. The molecule has 0 spiro atoms. The number of aliphatic imine (C=N–C) groups is 1. The van der Waals surface area contributed by atoms with Crippen LogP contribution in [-0.2, 0) is 6.54 Å². The van der Waals surface area contributed by atoms with Crippen molar-refractivity contribution in [1.82, 2.24) is 26.1 Å². The summed E-state index contributed by atoms with van der Waals surface area (Å²) in [6.07, 6.45) is 1.79. The molecule has 1 aromatic rings. The number of hydrogen-bond donors (Lipinski definition) is 4. The molecule has 1 heterocycles. The zero-order chi connectivity index (χ0) is 13.2. The Hall–Kier alpha value is -2.40. The van der Waals surface area contributed by atoms with E-state index in [1.54, 1.807) is 19.3 Å². The maximum Gasteiger partial charge on any atom is 0.230 e. The van der Waals surface area contributed by atoms with Gasteiger partial charge in [-0.3, -0.25) is 10.3 Å². The van der Waals surface area contributed by atoms with Crippen LogP contribution >= 0.6 is 0 Å². The van der Waals surface area contributed by atoms with Gasteiger partial charge in [0.2, 0.25) is 11.8 Å². The summed E-state index contributed by atoms with van der Waals surface area (Å²) in [5.41, 5.74) is 0.737. The minimum absolute atomic E-state index is 0.0930. The van der Waals surface area contributed by atoms with E-state index in [1.807, 2.05) is 0 Å². The molecule has 96 valence electrons. The molecule has 0 unspecified atom stereocenters. The van der Waals surface area contributed by atoms with Crippen molar-refractivity contribution in [3.63, 3.8) is 0 Å². The third-order valence-electron chi connectivity index (χ3n) is 1.98. The Kier molecular flexibility index (Phi) is 5.93. The van der Waals surface area contributed by atoms with E-state index in [-0.39, 0.29) is 5.88 Å². The van der Waals surface area contributed by atoms with E-state index in [9.17, 15) is 0 Å². The highest BCUT2D eigenvalue weighted by Gasteiger charge is 1.96. The molecular formula is C10H15N7O. The van der Waals surface area contributed by atoms with E-state index >= 15 is 0 Å². The van der Waals surface area contributed by atoms with E-state index < -0.39 is 0 Å². The quantitative estimate of drug-likeness (QED) is 0.172. The van der Waals surface area contributed by atoms with Gasteiger partial charge in [0.05, 0.1) is 12.2 Å². The van der Waals surface area contributed by atoms with Gasteiger partial charge >= 0.3 is 0 Å². The first-order valence-electron chi connectivity index (χ1n) is 5.36. The van der Waals surface area contributed by atoms with Crippen LogP contribution in [0.3, 0.4) is 0 Å². The third kappa shape index (κ3) is 5.09. The monoisotopic (exact) mass is 249 g/mol. The second-order valence-corrected chi connectivity index (χ2v) is 3.28. The SMILES string of the molecule is CNC(=NCCNCc1ccc(O)nn1)NC#N. The summed E-state index contributed by atoms with van der Waals surface area (Å²) >= 11 is 0. The first-order chi connectivity index (χ1) is 8.76. The molecule has 0 aliphatic carbocycles. The van der Waals surface area contributed by atoms with Crippen LogP contribution in [-0.4, -0.2) is 41.4 Å². The second kappa shape index (κ2) is 7.81. The van der Waals surface area contributed by atoms with Crippen molar-refractivity contribution in [2.75, 3.05) is 20.1 Å². The Morgan fingerprint density at radius 2 is 2.33 bits per heavy atom. The molecule has 0 aliphatic heterocycles. The van der Waals surface area contributed by atoms with E-state index in [0.717, 1.165) is 5.69 Å². The number of hydrogen-bond acceptors (Lipinski definition) is 6. The molecule has 0 aliphatic rings. The van der Waals surface area contributed by atoms with Gasteiger partial charge in [0, 0.05) is 26.2 Å². The van der Waals surface area contributed by atoms with E-state index in [2.05, 4.69) is 31.1 Å². The van der Waals surface area contributed by atoms with Crippen LogP contribution < -0.4 is 16.0 Å². The highest BCUT2D eigenvalue weighted by Crippen LogP contribution is 2.00. The molecule has 18 heavy (non-hydrogen) atoms. The molecule has 8 nitrogen and oxygen atoms in total. The van der Waals surface area contributed by atoms with Gasteiger partial charge in [-0.1, -0.05) is 0 Å². The highest BCUT2D eigenvalue weighted by atomic mass is 16.3. The van der Waals surface area contributed by atoms with Gasteiger partial charge in [0.15, 0.2) is 6.19 Å². The molecule has 0 saturated heterocycles. The summed E-state index contributed by atoms with van der Waals surface area (Å²) in [5.74, 6) is 0.341. The molecule has 0 radical (unpaired) electrons. The number of rotatable bonds is 5. The van der Waals surface area contributed by atoms with Gasteiger partial charge in [-0.05, 0) is 6.07 Å². The van der Waals surface area contributed by atoms with Crippen molar-refractivity contribution in [2.45, 2.75) is 6.54 Å². The van der Waals surface area contributed by atoms with Gasteiger partial charge in [-0.2, -0.15) is 10.4 Å². The Balaban J connectivity index is 2.22. The Bertz CT molecular complexity index is 423. The number of nitrogens with zero attached hydrogens (tertiary/aromatic N) is 4. The number of nitrogens with one attached hydrogen (secondary N) is 3. The molecule has 0 aromatic carbocycles. The van der Waals surface area contributed by atoms with Gasteiger partial charge < -0.3 is 15.7 Å². The van der Waals surface area contributed by atoms with Crippen LogP contribution in [0.2, 0.25) is 0 Å². The van der Waals surface area contributed by atoms with Gasteiger partial charge in [0.1, 0.15) is 0 Å². The Labute approximate surface area is 105 Å². The topological polar surface area (TPSA) is 118 Å². The molecule has 0 fully saturated rings. The molecule has 1 rings (SSSR count). The summed E-state index contributed by atoms with van der Waals surface area (Å²) in [6, 6.07) is 3.17. The zero-order valence-corrected chi connectivity index (χ0v) is 10.0. The van der Waals surface area contributed by atoms with Crippen molar-refractivity contribution in [1.29, 1.82) is 5.26 Å². The van der Waals surface area contributed by atoms with Crippen molar-refractivity contribution < 1.29 is 5.11 Å². The first-order valence-corrected chi connectivity index (χ1v) is 5.36. The number of nitriles is 1. The maximum absolute atomic E-state index is 8.95. The van der Waals surface area contributed by atoms with E-state index in [1.165, 1.54) is 6.07 Å². The summed E-state index contributed by atoms with van der Waals surface area (Å²) in [6.45, 7) is 1.71. The lowest BCUT2D eigenvalue weighted by molar-refractivity contribution is 0.443. The number of aromatic nitrogens is 2. The summed E-state index contributed by atoms with van der Waals surface area (Å²) < 4.78 is 0. The lowest BCUT2D eigenvalue weighted by Gasteiger charge is -2.04. The normalized spacial score (nSPS) is 10.8. The summed E-state index contributed by atoms with van der Waals surface area (Å²) in [4.78, 5) is 4.11. The number of guanidine groups is 1. The summed E-state index contributed by atoms with van der Waals surface area (Å²) in [5, 5.41) is 33.0. The van der Waals surface area contributed by atoms with Crippen molar-refractivity contribution in [3.05, 3.63) is 17.8 Å². The smallest absolute Gasteiger partial charge is 0.230 e. The standard InChI is InChI=1S/C10H15N7O/c1-12-10(15-7-11)14-5-4-13-6-8-2-3-9(18)17-16-8/h2-3,13H,4-6H2,1H3,(H,17,18)(H2,12,14,15). The fraction of sp³-hybridized carbons (Fsp3) is 0.400. The van der Waals surface area contributed by atoms with Crippen LogP contribution in [0, 0.1) is 11.5 Å². The van der Waals surface area contributed by atoms with Crippen LogP contribution in [0.1, 0.15) is 5.69 Å². The fourth-order valence-corrected chi connectivity index (χ4v) is 1.14. The van der Waals surface area contributed by atoms with E-state index in [0.29, 0.717) is 25.6 Å². The van der Waals surface area contributed by atoms with Crippen molar-refractivity contribution >= 4 is 5.96 Å². The molecular weight excluding hydrogens is 234 g/mol. The Morgan fingerprint density at radius 1 is 1.50 bits per heavy atom. The van der Waals surface area contributed by atoms with Crippen LogP contribution in [0.5, 0.6) is 5.88 Å². The lowest BCUT2D eigenvalue weighted by atomic mass is 10.4. The highest BCUT2D eigenvalue weighted by molar-refractivity contribution is 5.80. The van der Waals surface area contributed by atoms with Crippen LogP contribution in [0.4, 0.5) is 0 Å². The second-order valence-electron chi connectivity index (χ2n) is 3.28. The van der Waals surface area contributed by atoms with Crippen molar-refractivity contribution in [2.24, 2.45) is 4.99 Å². The average Bonchev–Trinajstić information content (AvgIpc) is 2.39. The molecule has 8 heteroatoms. The zero-order valence-electron chi connectivity index (χ0n) is 10.0. The molecule has 0 amide bonds. The van der Waals surface area contributed by atoms with Gasteiger partial charge in [0.25, 0.3) is 0 Å². The Morgan fingerprint density at radius 3 is 2.94 bits per heavy atom. The van der Waals surface area contributed by atoms with Crippen LogP contribution in [0.25, 0.3) is 0 Å². The van der Waals surface area contributed by atoms with Crippen molar-refractivity contribution in [3.8, 4) is 12.1 Å². The minimum Gasteiger partial charge on any atom is -0.492 e. The third-order valence-corrected chi connectivity index (χ3v) is 1.98. The molecule has 0 bridgehead atoms. The predicted molar refractivity (Wildman–Crippen MR) is 65.5 cm³/mol. The fourth-order valence-electron chi connectivity index (χ4n) is 1.14. The van der Waals surface area contributed by atoms with E-state index in [4.69, 9.17) is 10.4 Å². The molecule has 0 atom stereocenters. The first kappa shape index (κ1) is 13.7. The average molecular weight is 249 g/mol. The lowest BCUT2D eigenvalue weighted by Crippen LogP contribution is -2.32. The van der Waals surface area contributed by atoms with Gasteiger partial charge in [-0.15, -0.1) is 5.10 Å². The largest absolute Gasteiger partial charge is 0.492 e. The maximum atomic E-state index is 8.95. The van der Waals surface area contributed by atoms with Crippen LogP contribution in [0.15, 0.2) is 17.1 Å².